The predicted octanol–water partition coefficient (Wildman–Crippen LogP) is 4.06. The smallest absolute Gasteiger partial charge is 0.0862 e. The van der Waals surface area contributed by atoms with Crippen LogP contribution in [0.4, 0.5) is 0 Å². The quantitative estimate of drug-likeness (QED) is 0.855. The zero-order chi connectivity index (χ0) is 14.7. The molecule has 3 atom stereocenters. The Morgan fingerprint density at radius 3 is 2.67 bits per heavy atom. The van der Waals surface area contributed by atoms with E-state index in [-0.39, 0.29) is 12.2 Å². The number of fused-ring (bicyclic) bond motifs is 1. The van der Waals surface area contributed by atoms with Gasteiger partial charge in [0.25, 0.3) is 0 Å². The van der Waals surface area contributed by atoms with Gasteiger partial charge in [-0.15, -0.1) is 0 Å². The van der Waals surface area contributed by atoms with Crippen LogP contribution < -0.4 is 0 Å². The van der Waals surface area contributed by atoms with Crippen LogP contribution >= 0.6 is 0 Å². The Kier molecular flexibility index (Phi) is 4.97. The molecule has 0 spiro atoms. The summed E-state index contributed by atoms with van der Waals surface area (Å²) in [6, 6.07) is 8.64. The average molecular weight is 288 g/mol. The van der Waals surface area contributed by atoms with Gasteiger partial charge in [0.15, 0.2) is 0 Å². The average Bonchev–Trinajstić information content (AvgIpc) is 2.51. The molecule has 0 amide bonds. The summed E-state index contributed by atoms with van der Waals surface area (Å²) in [6.07, 6.45) is 8.11. The molecule has 1 aromatic rings. The summed E-state index contributed by atoms with van der Waals surface area (Å²) in [5.41, 5.74) is 2.90. The first-order valence-corrected chi connectivity index (χ1v) is 8.67. The molecule has 3 rings (SSSR count). The molecule has 2 heteroatoms. The highest BCUT2D eigenvalue weighted by atomic mass is 16.5. The van der Waals surface area contributed by atoms with Gasteiger partial charge in [-0.2, -0.15) is 0 Å². The van der Waals surface area contributed by atoms with Gasteiger partial charge in [-0.25, -0.2) is 0 Å². The second-order valence-electron chi connectivity index (χ2n) is 6.72. The molecule has 0 bridgehead atoms. The van der Waals surface area contributed by atoms with E-state index in [1.54, 1.807) is 0 Å². The molecule has 2 aliphatic rings. The maximum atomic E-state index is 10.7. The van der Waals surface area contributed by atoms with E-state index in [0.717, 1.165) is 12.8 Å². The van der Waals surface area contributed by atoms with E-state index >= 15 is 0 Å². The monoisotopic (exact) mass is 288 g/mol. The van der Waals surface area contributed by atoms with Crippen molar-refractivity contribution < 1.29 is 9.84 Å². The van der Waals surface area contributed by atoms with Gasteiger partial charge < -0.3 is 9.84 Å². The maximum absolute atomic E-state index is 10.7. The molecule has 2 nitrogen and oxygen atoms in total. The Hall–Kier alpha value is -0.860. The number of aliphatic hydroxyl groups is 1. The van der Waals surface area contributed by atoms with Gasteiger partial charge in [0.1, 0.15) is 0 Å². The minimum atomic E-state index is -0.314. The minimum absolute atomic E-state index is 0.0445. The second kappa shape index (κ2) is 6.93. The van der Waals surface area contributed by atoms with Gasteiger partial charge in [-0.05, 0) is 55.6 Å². The highest BCUT2D eigenvalue weighted by molar-refractivity contribution is 5.39. The first-order valence-electron chi connectivity index (χ1n) is 8.67. The molecule has 0 radical (unpaired) electrons. The van der Waals surface area contributed by atoms with Crippen molar-refractivity contribution in [1.29, 1.82) is 0 Å². The third-order valence-electron chi connectivity index (χ3n) is 5.34. The number of hydrogen-bond acceptors (Lipinski definition) is 2. The first-order chi connectivity index (χ1) is 10.3. The summed E-state index contributed by atoms with van der Waals surface area (Å²) in [7, 11) is 0. The summed E-state index contributed by atoms with van der Waals surface area (Å²) in [4.78, 5) is 0. The Morgan fingerprint density at radius 1 is 1.19 bits per heavy atom. The highest BCUT2D eigenvalue weighted by Gasteiger charge is 2.34. The maximum Gasteiger partial charge on any atom is 0.0862 e. The van der Waals surface area contributed by atoms with E-state index in [1.165, 1.54) is 43.2 Å². The van der Waals surface area contributed by atoms with Crippen LogP contribution in [0.25, 0.3) is 0 Å². The van der Waals surface area contributed by atoms with Crippen molar-refractivity contribution in [3.05, 3.63) is 35.4 Å². The summed E-state index contributed by atoms with van der Waals surface area (Å²) in [5.74, 6) is 1.09. The molecule has 1 saturated carbocycles. The van der Waals surface area contributed by atoms with E-state index in [4.69, 9.17) is 4.74 Å². The van der Waals surface area contributed by atoms with Crippen molar-refractivity contribution in [3.63, 3.8) is 0 Å². The zero-order valence-corrected chi connectivity index (χ0v) is 13.1. The summed E-state index contributed by atoms with van der Waals surface area (Å²) in [6.45, 7) is 2.75. The van der Waals surface area contributed by atoms with Gasteiger partial charge in [-0.3, -0.25) is 0 Å². The minimum Gasteiger partial charge on any atom is -0.390 e. The molecule has 116 valence electrons. The summed E-state index contributed by atoms with van der Waals surface area (Å²) < 4.78 is 5.95. The van der Waals surface area contributed by atoms with Gasteiger partial charge >= 0.3 is 0 Å². The first kappa shape index (κ1) is 15.1. The van der Waals surface area contributed by atoms with Crippen LogP contribution in [-0.4, -0.2) is 23.9 Å². The molecule has 2 aliphatic carbocycles. The van der Waals surface area contributed by atoms with Crippen molar-refractivity contribution >= 4 is 0 Å². The number of rotatable bonds is 6. The molecular weight excluding hydrogens is 260 g/mol. The third-order valence-corrected chi connectivity index (χ3v) is 5.34. The lowest BCUT2D eigenvalue weighted by molar-refractivity contribution is -0.0772. The normalized spacial score (nSPS) is 25.0. The van der Waals surface area contributed by atoms with Crippen LogP contribution in [0.15, 0.2) is 24.3 Å². The number of hydrogen-bond donors (Lipinski definition) is 1. The van der Waals surface area contributed by atoms with Crippen LogP contribution in [0.2, 0.25) is 0 Å². The molecule has 0 aliphatic heterocycles. The van der Waals surface area contributed by atoms with E-state index < -0.39 is 0 Å². The molecule has 21 heavy (non-hydrogen) atoms. The van der Waals surface area contributed by atoms with E-state index in [1.807, 2.05) is 6.92 Å². The SMILES string of the molecule is CCOC(C(O)CC1Cc2ccccc21)C1CCCCC1. The van der Waals surface area contributed by atoms with Crippen LogP contribution in [0.3, 0.4) is 0 Å². The Bertz CT molecular complexity index is 451. The van der Waals surface area contributed by atoms with E-state index in [0.29, 0.717) is 18.4 Å². The van der Waals surface area contributed by atoms with Crippen LogP contribution in [0, 0.1) is 5.92 Å². The lowest BCUT2D eigenvalue weighted by atomic mass is 9.73. The highest BCUT2D eigenvalue weighted by Crippen LogP contribution is 2.40. The third kappa shape index (κ3) is 3.32. The lowest BCUT2D eigenvalue weighted by Crippen LogP contribution is -2.39. The topological polar surface area (TPSA) is 29.5 Å². The standard InChI is InChI=1S/C19H28O2/c1-2-21-19(14-8-4-3-5-9-14)18(20)13-16-12-15-10-6-7-11-17(15)16/h6-7,10-11,14,16,18-20H,2-5,8-9,12-13H2,1H3. The zero-order valence-electron chi connectivity index (χ0n) is 13.1. The largest absolute Gasteiger partial charge is 0.390 e. The fraction of sp³-hybridized carbons (Fsp3) is 0.684. The van der Waals surface area contributed by atoms with Gasteiger partial charge in [0.05, 0.1) is 12.2 Å². The molecule has 0 heterocycles. The predicted molar refractivity (Wildman–Crippen MR) is 85.5 cm³/mol. The fourth-order valence-corrected chi connectivity index (χ4v) is 4.22. The Morgan fingerprint density at radius 2 is 1.95 bits per heavy atom. The molecule has 3 unspecified atom stereocenters. The van der Waals surface area contributed by atoms with Crippen molar-refractivity contribution in [2.24, 2.45) is 5.92 Å². The van der Waals surface area contributed by atoms with Crippen molar-refractivity contribution in [2.75, 3.05) is 6.61 Å². The van der Waals surface area contributed by atoms with Crippen LogP contribution in [-0.2, 0) is 11.2 Å². The Labute approximate surface area is 128 Å². The van der Waals surface area contributed by atoms with E-state index in [9.17, 15) is 5.11 Å². The van der Waals surface area contributed by atoms with Crippen LogP contribution in [0.5, 0.6) is 0 Å². The van der Waals surface area contributed by atoms with Crippen molar-refractivity contribution in [2.45, 2.75) is 70.0 Å². The second-order valence-corrected chi connectivity index (χ2v) is 6.72. The van der Waals surface area contributed by atoms with Crippen molar-refractivity contribution in [3.8, 4) is 0 Å². The molecule has 0 aromatic heterocycles. The number of aliphatic hydroxyl groups excluding tert-OH is 1. The molecule has 1 aromatic carbocycles. The van der Waals surface area contributed by atoms with Gasteiger partial charge in [0.2, 0.25) is 0 Å². The summed E-state index contributed by atoms with van der Waals surface area (Å²) >= 11 is 0. The summed E-state index contributed by atoms with van der Waals surface area (Å²) in [5, 5.41) is 10.7. The molecule has 1 fully saturated rings. The molecule has 1 N–H and O–H groups in total. The Balaban J connectivity index is 1.61. The lowest BCUT2D eigenvalue weighted by Gasteiger charge is -2.37. The number of ether oxygens (including phenoxy) is 1. The van der Waals surface area contributed by atoms with Crippen LogP contribution in [0.1, 0.15) is 62.5 Å². The number of benzene rings is 1. The van der Waals surface area contributed by atoms with Crippen molar-refractivity contribution in [1.82, 2.24) is 0 Å². The van der Waals surface area contributed by atoms with E-state index in [2.05, 4.69) is 24.3 Å². The van der Waals surface area contributed by atoms with Gasteiger partial charge in [0, 0.05) is 6.61 Å². The molecular formula is C19H28O2. The fourth-order valence-electron chi connectivity index (χ4n) is 4.22. The molecule has 0 saturated heterocycles. The van der Waals surface area contributed by atoms with Gasteiger partial charge in [-0.1, -0.05) is 43.5 Å².